The van der Waals surface area contributed by atoms with Crippen LogP contribution in [0.2, 0.25) is 0 Å². The highest BCUT2D eigenvalue weighted by Crippen LogP contribution is 2.32. The van der Waals surface area contributed by atoms with Gasteiger partial charge in [0.15, 0.2) is 0 Å². The lowest BCUT2D eigenvalue weighted by Crippen LogP contribution is -2.07. The summed E-state index contributed by atoms with van der Waals surface area (Å²) < 4.78 is 53.3. The molecule has 0 atom stereocenters. The fourth-order valence-electron chi connectivity index (χ4n) is 0.853. The molecule has 70 valence electrons. The first-order valence-corrected chi connectivity index (χ1v) is 3.36. The molecule has 0 aliphatic rings. The highest BCUT2D eigenvalue weighted by Gasteiger charge is 2.33. The molecule has 0 heterocycles. The molecule has 0 fully saturated rings. The van der Waals surface area contributed by atoms with Crippen LogP contribution >= 0.6 is 0 Å². The van der Waals surface area contributed by atoms with Gasteiger partial charge in [0, 0.05) is 6.07 Å². The molecule has 1 aromatic carbocycles. The topological polar surface area (TPSA) is 9.23 Å². The molecule has 0 amide bonds. The lowest BCUT2D eigenvalue weighted by molar-refractivity contribution is -0.140. The van der Waals surface area contributed by atoms with Gasteiger partial charge in [-0.3, -0.25) is 0 Å². The second kappa shape index (κ2) is 3.28. The molecule has 13 heavy (non-hydrogen) atoms. The predicted octanol–water partition coefficient (Wildman–Crippen LogP) is 1.77. The largest absolute Gasteiger partial charge is 0.568 e. The van der Waals surface area contributed by atoms with E-state index in [9.17, 15) is 17.6 Å². The standard InChI is InChI=1S/C7H5BF4O/c8-13-4-1-2-5(6(9)3-4)7(10,11)12/h1-3H,8H2. The van der Waals surface area contributed by atoms with Crippen molar-refractivity contribution in [2.24, 2.45) is 0 Å². The lowest BCUT2D eigenvalue weighted by atomic mass is 10.2. The monoisotopic (exact) mass is 192 g/mol. The van der Waals surface area contributed by atoms with E-state index in [1.165, 1.54) is 8.05 Å². The van der Waals surface area contributed by atoms with E-state index in [1.807, 2.05) is 0 Å². The Kier molecular flexibility index (Phi) is 2.49. The highest BCUT2D eigenvalue weighted by atomic mass is 19.4. The minimum Gasteiger partial charge on any atom is -0.568 e. The molecule has 0 aliphatic carbocycles. The minimum atomic E-state index is -4.66. The molecule has 0 unspecified atom stereocenters. The van der Waals surface area contributed by atoms with Crippen molar-refractivity contribution in [2.75, 3.05) is 0 Å². The van der Waals surface area contributed by atoms with Gasteiger partial charge in [-0.15, -0.1) is 0 Å². The fourth-order valence-corrected chi connectivity index (χ4v) is 0.853. The number of hydrogen-bond donors (Lipinski definition) is 0. The van der Waals surface area contributed by atoms with Crippen molar-refractivity contribution in [1.82, 2.24) is 0 Å². The van der Waals surface area contributed by atoms with Gasteiger partial charge < -0.3 is 4.65 Å². The first-order chi connectivity index (χ1) is 5.95. The van der Waals surface area contributed by atoms with Gasteiger partial charge in [-0.05, 0) is 12.1 Å². The predicted molar refractivity (Wildman–Crippen MR) is 40.6 cm³/mol. The van der Waals surface area contributed by atoms with Crippen LogP contribution < -0.4 is 4.65 Å². The summed E-state index contributed by atoms with van der Waals surface area (Å²) in [6, 6.07) is 2.41. The molecule has 0 spiro atoms. The van der Waals surface area contributed by atoms with E-state index in [0.717, 1.165) is 6.07 Å². The van der Waals surface area contributed by atoms with E-state index >= 15 is 0 Å². The van der Waals surface area contributed by atoms with Crippen molar-refractivity contribution >= 4 is 8.05 Å². The second-order valence-electron chi connectivity index (χ2n) is 2.34. The molecule has 0 saturated carbocycles. The van der Waals surface area contributed by atoms with Crippen molar-refractivity contribution in [2.45, 2.75) is 6.18 Å². The van der Waals surface area contributed by atoms with Crippen LogP contribution in [-0.4, -0.2) is 8.05 Å². The maximum Gasteiger partial charge on any atom is 0.419 e. The molecule has 0 bridgehead atoms. The van der Waals surface area contributed by atoms with Gasteiger partial charge in [0.1, 0.15) is 11.6 Å². The zero-order valence-electron chi connectivity index (χ0n) is 6.65. The second-order valence-corrected chi connectivity index (χ2v) is 2.34. The first kappa shape index (κ1) is 9.89. The summed E-state index contributed by atoms with van der Waals surface area (Å²) in [5, 5.41) is 0. The summed E-state index contributed by atoms with van der Waals surface area (Å²) in [5.41, 5.74) is -1.28. The summed E-state index contributed by atoms with van der Waals surface area (Å²) in [6.07, 6.45) is -4.66. The smallest absolute Gasteiger partial charge is 0.419 e. The minimum absolute atomic E-state index is 0.0606. The SMILES string of the molecule is BOc1ccc(C(F)(F)F)c(F)c1. The third kappa shape index (κ3) is 2.14. The normalized spacial score (nSPS) is 11.4. The Hall–Kier alpha value is -1.20. The quantitative estimate of drug-likeness (QED) is 0.486. The van der Waals surface area contributed by atoms with Gasteiger partial charge in [-0.1, -0.05) is 0 Å². The van der Waals surface area contributed by atoms with Gasteiger partial charge >= 0.3 is 14.2 Å². The van der Waals surface area contributed by atoms with E-state index in [0.29, 0.717) is 12.1 Å². The Balaban J connectivity index is 3.13. The third-order valence-electron chi connectivity index (χ3n) is 1.48. The van der Waals surface area contributed by atoms with Crippen molar-refractivity contribution < 1.29 is 22.2 Å². The fraction of sp³-hybridized carbons (Fsp3) is 0.143. The number of rotatable bonds is 1. The molecular formula is C7H5BF4O. The van der Waals surface area contributed by atoms with E-state index in [4.69, 9.17) is 0 Å². The molecule has 0 N–H and O–H groups in total. The van der Waals surface area contributed by atoms with E-state index in [2.05, 4.69) is 4.65 Å². The van der Waals surface area contributed by atoms with Crippen molar-refractivity contribution in [3.05, 3.63) is 29.6 Å². The average Bonchev–Trinajstić information content (AvgIpc) is 2.01. The molecule has 0 saturated heterocycles. The Morgan fingerprint density at radius 2 is 1.85 bits per heavy atom. The van der Waals surface area contributed by atoms with E-state index in [1.54, 1.807) is 0 Å². The van der Waals surface area contributed by atoms with Gasteiger partial charge in [0.05, 0.1) is 5.56 Å². The van der Waals surface area contributed by atoms with Gasteiger partial charge in [-0.25, -0.2) is 4.39 Å². The summed E-state index contributed by atoms with van der Waals surface area (Å²) in [6.45, 7) is 0. The van der Waals surface area contributed by atoms with Crippen molar-refractivity contribution in [1.29, 1.82) is 0 Å². The summed E-state index contributed by atoms with van der Waals surface area (Å²) in [4.78, 5) is 0. The van der Waals surface area contributed by atoms with Crippen LogP contribution in [0.15, 0.2) is 18.2 Å². The molecule has 1 aromatic rings. The van der Waals surface area contributed by atoms with Gasteiger partial charge in [0.25, 0.3) is 0 Å². The van der Waals surface area contributed by atoms with Gasteiger partial charge in [-0.2, -0.15) is 13.2 Å². The molecule has 6 heteroatoms. The van der Waals surface area contributed by atoms with E-state index in [-0.39, 0.29) is 5.75 Å². The van der Waals surface area contributed by atoms with Crippen LogP contribution in [-0.2, 0) is 6.18 Å². The average molecular weight is 192 g/mol. The Labute approximate surface area is 72.8 Å². The summed E-state index contributed by atoms with van der Waals surface area (Å²) in [5.74, 6) is -1.27. The summed E-state index contributed by atoms with van der Waals surface area (Å²) >= 11 is 0. The molecule has 1 rings (SSSR count). The Morgan fingerprint density at radius 3 is 2.23 bits per heavy atom. The maximum absolute atomic E-state index is 12.7. The molecule has 0 aliphatic heterocycles. The molecule has 0 radical (unpaired) electrons. The van der Waals surface area contributed by atoms with E-state index < -0.39 is 17.6 Å². The number of alkyl halides is 3. The maximum atomic E-state index is 12.7. The number of hydrogen-bond acceptors (Lipinski definition) is 1. The number of halogens is 4. The first-order valence-electron chi connectivity index (χ1n) is 3.36. The highest BCUT2D eigenvalue weighted by molar-refractivity contribution is 5.99. The van der Waals surface area contributed by atoms with Crippen molar-refractivity contribution in [3.63, 3.8) is 0 Å². The zero-order valence-corrected chi connectivity index (χ0v) is 6.65. The lowest BCUT2D eigenvalue weighted by Gasteiger charge is -2.08. The third-order valence-corrected chi connectivity index (χ3v) is 1.48. The van der Waals surface area contributed by atoms with Gasteiger partial charge in [0.2, 0.25) is 0 Å². The van der Waals surface area contributed by atoms with Crippen LogP contribution in [0.25, 0.3) is 0 Å². The zero-order chi connectivity index (χ0) is 10.1. The Bertz CT molecular complexity index is 310. The molecular weight excluding hydrogens is 187 g/mol. The molecule has 0 aromatic heterocycles. The van der Waals surface area contributed by atoms with Crippen LogP contribution in [0.5, 0.6) is 5.75 Å². The van der Waals surface area contributed by atoms with Crippen LogP contribution in [0, 0.1) is 5.82 Å². The van der Waals surface area contributed by atoms with Crippen molar-refractivity contribution in [3.8, 4) is 5.75 Å². The van der Waals surface area contributed by atoms with Crippen LogP contribution in [0.4, 0.5) is 17.6 Å². The van der Waals surface area contributed by atoms with Crippen LogP contribution in [0.3, 0.4) is 0 Å². The number of benzene rings is 1. The van der Waals surface area contributed by atoms with Crippen LogP contribution in [0.1, 0.15) is 5.56 Å². The molecule has 1 nitrogen and oxygen atoms in total. The Morgan fingerprint density at radius 1 is 1.23 bits per heavy atom. The summed E-state index contributed by atoms with van der Waals surface area (Å²) in [7, 11) is 1.25.